The lowest BCUT2D eigenvalue weighted by Gasteiger charge is -2.34. The molecule has 2 atom stereocenters. The van der Waals surface area contributed by atoms with E-state index in [1.54, 1.807) is 0 Å². The second-order valence-corrected chi connectivity index (χ2v) is 7.66. The number of nitrogens with zero attached hydrogens (tertiary/aromatic N) is 1. The van der Waals surface area contributed by atoms with Crippen molar-refractivity contribution in [3.63, 3.8) is 0 Å². The van der Waals surface area contributed by atoms with E-state index in [2.05, 4.69) is 5.32 Å². The zero-order valence-corrected chi connectivity index (χ0v) is 15.5. The summed E-state index contributed by atoms with van der Waals surface area (Å²) in [6, 6.07) is 4.13. The van der Waals surface area contributed by atoms with Crippen molar-refractivity contribution in [2.45, 2.75) is 32.1 Å². The lowest BCUT2D eigenvalue weighted by Crippen LogP contribution is -2.45. The van der Waals surface area contributed by atoms with Gasteiger partial charge in [0.05, 0.1) is 5.02 Å². The van der Waals surface area contributed by atoms with Gasteiger partial charge in [0.25, 0.3) is 0 Å². The van der Waals surface area contributed by atoms with Crippen LogP contribution in [0.4, 0.5) is 10.1 Å². The molecule has 1 aromatic carbocycles. The first-order chi connectivity index (χ1) is 12.5. The number of benzene rings is 1. The van der Waals surface area contributed by atoms with Crippen molar-refractivity contribution in [2.24, 2.45) is 23.5 Å². The van der Waals surface area contributed by atoms with Crippen LogP contribution in [0.1, 0.15) is 32.1 Å². The number of nitrogens with one attached hydrogen (secondary N) is 1. The molecule has 2 fully saturated rings. The van der Waals surface area contributed by atoms with E-state index in [1.165, 1.54) is 18.2 Å². The average molecular weight is 382 g/mol. The van der Waals surface area contributed by atoms with Gasteiger partial charge in [0.2, 0.25) is 11.8 Å². The number of amides is 2. The summed E-state index contributed by atoms with van der Waals surface area (Å²) in [5, 5.41) is 2.77. The topological polar surface area (TPSA) is 75.4 Å². The summed E-state index contributed by atoms with van der Waals surface area (Å²) in [5.41, 5.74) is 6.27. The molecule has 1 aliphatic heterocycles. The van der Waals surface area contributed by atoms with Crippen LogP contribution in [-0.2, 0) is 9.59 Å². The Balaban J connectivity index is 1.52. The van der Waals surface area contributed by atoms with Gasteiger partial charge in [-0.25, -0.2) is 4.39 Å². The van der Waals surface area contributed by atoms with Crippen molar-refractivity contribution < 1.29 is 14.0 Å². The van der Waals surface area contributed by atoms with Crippen molar-refractivity contribution in [1.29, 1.82) is 0 Å². The minimum absolute atomic E-state index is 0.0192. The van der Waals surface area contributed by atoms with Gasteiger partial charge in [-0.1, -0.05) is 18.0 Å². The maximum atomic E-state index is 13.2. The number of hydrogen-bond acceptors (Lipinski definition) is 3. The Morgan fingerprint density at radius 3 is 2.62 bits per heavy atom. The maximum absolute atomic E-state index is 13.2. The van der Waals surface area contributed by atoms with Crippen LogP contribution in [0.15, 0.2) is 18.2 Å². The first-order valence-electron chi connectivity index (χ1n) is 9.24. The Morgan fingerprint density at radius 2 is 1.96 bits per heavy atom. The largest absolute Gasteiger partial charge is 0.342 e. The summed E-state index contributed by atoms with van der Waals surface area (Å²) in [5.74, 6) is -0.239. The Hall–Kier alpha value is -1.66. The van der Waals surface area contributed by atoms with Gasteiger partial charge < -0.3 is 16.0 Å². The minimum Gasteiger partial charge on any atom is -0.342 e. The summed E-state index contributed by atoms with van der Waals surface area (Å²) in [6.45, 7) is 1.75. The highest BCUT2D eigenvalue weighted by atomic mass is 35.5. The number of carbonyl (C=O) groups is 2. The van der Waals surface area contributed by atoms with Gasteiger partial charge in [-0.3, -0.25) is 9.59 Å². The van der Waals surface area contributed by atoms with Crippen LogP contribution in [-0.4, -0.2) is 36.3 Å². The molecule has 7 heteroatoms. The van der Waals surface area contributed by atoms with Crippen LogP contribution in [0.25, 0.3) is 0 Å². The highest BCUT2D eigenvalue weighted by Gasteiger charge is 2.36. The van der Waals surface area contributed by atoms with E-state index in [1.807, 2.05) is 4.90 Å². The molecule has 1 saturated carbocycles. The molecule has 0 bridgehead atoms. The molecule has 2 amide bonds. The summed E-state index contributed by atoms with van der Waals surface area (Å²) >= 11 is 5.74. The Morgan fingerprint density at radius 1 is 1.23 bits per heavy atom. The third-order valence-corrected chi connectivity index (χ3v) is 5.93. The predicted octanol–water partition coefficient (Wildman–Crippen LogP) is 3.03. The molecule has 1 saturated heterocycles. The number of likely N-dealkylation sites (tertiary alicyclic amines) is 1. The molecule has 1 heterocycles. The highest BCUT2D eigenvalue weighted by molar-refractivity contribution is 6.31. The Labute approximate surface area is 158 Å². The molecule has 1 aromatic rings. The van der Waals surface area contributed by atoms with Crippen LogP contribution in [0.5, 0.6) is 0 Å². The van der Waals surface area contributed by atoms with Gasteiger partial charge in [0, 0.05) is 30.6 Å². The van der Waals surface area contributed by atoms with Gasteiger partial charge in [-0.05, 0) is 56.3 Å². The van der Waals surface area contributed by atoms with Gasteiger partial charge in [0.15, 0.2) is 0 Å². The first-order valence-corrected chi connectivity index (χ1v) is 9.62. The van der Waals surface area contributed by atoms with E-state index in [9.17, 15) is 14.0 Å². The molecule has 1 aliphatic carbocycles. The van der Waals surface area contributed by atoms with Gasteiger partial charge in [-0.15, -0.1) is 0 Å². The van der Waals surface area contributed by atoms with Crippen LogP contribution in [0, 0.1) is 23.6 Å². The van der Waals surface area contributed by atoms with E-state index >= 15 is 0 Å². The molecular weight excluding hydrogens is 357 g/mol. The van der Waals surface area contributed by atoms with Crippen molar-refractivity contribution in [3.8, 4) is 0 Å². The van der Waals surface area contributed by atoms with E-state index in [0.717, 1.165) is 19.3 Å². The van der Waals surface area contributed by atoms with Crippen LogP contribution >= 0.6 is 11.6 Å². The van der Waals surface area contributed by atoms with Crippen LogP contribution in [0.2, 0.25) is 5.02 Å². The third kappa shape index (κ3) is 4.18. The predicted molar refractivity (Wildman–Crippen MR) is 99.2 cm³/mol. The monoisotopic (exact) mass is 381 g/mol. The fraction of sp³-hybridized carbons (Fsp3) is 0.579. The molecule has 26 heavy (non-hydrogen) atoms. The van der Waals surface area contributed by atoms with Gasteiger partial charge >= 0.3 is 0 Å². The molecule has 0 radical (unpaired) electrons. The fourth-order valence-electron chi connectivity index (χ4n) is 4.06. The molecule has 3 N–H and O–H groups in total. The molecule has 3 rings (SSSR count). The molecule has 5 nitrogen and oxygen atoms in total. The zero-order valence-electron chi connectivity index (χ0n) is 14.7. The van der Waals surface area contributed by atoms with E-state index in [0.29, 0.717) is 44.1 Å². The van der Waals surface area contributed by atoms with E-state index < -0.39 is 5.82 Å². The fourth-order valence-corrected chi connectivity index (χ4v) is 4.24. The first kappa shape index (κ1) is 19.1. The number of hydrogen-bond donors (Lipinski definition) is 2. The number of rotatable bonds is 4. The maximum Gasteiger partial charge on any atom is 0.227 e. The highest BCUT2D eigenvalue weighted by Crippen LogP contribution is 2.33. The molecule has 142 valence electrons. The zero-order chi connectivity index (χ0) is 18.7. The number of carbonyl (C=O) groups excluding carboxylic acids is 2. The van der Waals surface area contributed by atoms with Crippen molar-refractivity contribution >= 4 is 29.1 Å². The Bertz CT molecular complexity index is 677. The number of piperidine rings is 1. The quantitative estimate of drug-likeness (QED) is 0.841. The third-order valence-electron chi connectivity index (χ3n) is 5.64. The lowest BCUT2D eigenvalue weighted by atomic mass is 9.91. The molecular formula is C19H25ClFN3O2. The van der Waals surface area contributed by atoms with E-state index in [4.69, 9.17) is 17.3 Å². The molecule has 2 aliphatic rings. The minimum atomic E-state index is -0.515. The molecule has 0 unspecified atom stereocenters. The summed E-state index contributed by atoms with van der Waals surface area (Å²) in [6.07, 6.45) is 4.29. The van der Waals surface area contributed by atoms with Gasteiger partial charge in [-0.2, -0.15) is 0 Å². The van der Waals surface area contributed by atoms with Crippen molar-refractivity contribution in [2.75, 3.05) is 25.0 Å². The summed E-state index contributed by atoms with van der Waals surface area (Å²) < 4.78 is 13.2. The molecule has 0 aromatic heterocycles. The lowest BCUT2D eigenvalue weighted by molar-refractivity contribution is -0.139. The van der Waals surface area contributed by atoms with Crippen LogP contribution in [0.3, 0.4) is 0 Å². The average Bonchev–Trinajstić information content (AvgIpc) is 3.13. The smallest absolute Gasteiger partial charge is 0.227 e. The van der Waals surface area contributed by atoms with Crippen LogP contribution < -0.4 is 11.1 Å². The van der Waals surface area contributed by atoms with Gasteiger partial charge in [0.1, 0.15) is 5.82 Å². The summed E-state index contributed by atoms with van der Waals surface area (Å²) in [7, 11) is 0. The SMILES string of the molecule is NC[C@H]1CCC[C@H]1C(=O)N1CCC(C(=O)Nc2ccc(F)c(Cl)c2)CC1. The number of halogens is 2. The van der Waals surface area contributed by atoms with Crippen molar-refractivity contribution in [3.05, 3.63) is 29.0 Å². The number of nitrogens with two attached hydrogens (primary N) is 1. The molecule has 0 spiro atoms. The normalized spacial score (nSPS) is 23.9. The Kier molecular flexibility index (Phi) is 6.14. The van der Waals surface area contributed by atoms with Crippen molar-refractivity contribution in [1.82, 2.24) is 4.90 Å². The second kappa shape index (κ2) is 8.35. The standard InChI is InChI=1S/C19H25ClFN3O2/c20-16-10-14(4-5-17(16)21)23-18(25)12-6-8-24(9-7-12)19(26)15-3-1-2-13(15)11-22/h4-5,10,12-13,15H,1-3,6-9,11,22H2,(H,23,25)/t13-,15-/m1/s1. The van der Waals surface area contributed by atoms with E-state index in [-0.39, 0.29) is 28.7 Å². The second-order valence-electron chi connectivity index (χ2n) is 7.25. The summed E-state index contributed by atoms with van der Waals surface area (Å²) in [4.78, 5) is 27.0. The number of anilines is 1.